The number of H-pyrrole nitrogens is 1. The summed E-state index contributed by atoms with van der Waals surface area (Å²) >= 11 is 0. The lowest BCUT2D eigenvalue weighted by Crippen LogP contribution is -2.37. The Morgan fingerprint density at radius 1 is 1.06 bits per heavy atom. The molecule has 3 aromatic heterocycles. The highest BCUT2D eigenvalue weighted by molar-refractivity contribution is 6.03. The Bertz CT molecular complexity index is 1250. The van der Waals surface area contributed by atoms with Crippen molar-refractivity contribution < 1.29 is 14.0 Å². The van der Waals surface area contributed by atoms with Gasteiger partial charge in [0, 0.05) is 42.6 Å². The van der Waals surface area contributed by atoms with E-state index in [0.29, 0.717) is 18.7 Å². The molecule has 0 unspecified atom stereocenters. The van der Waals surface area contributed by atoms with Crippen molar-refractivity contribution in [2.45, 2.75) is 18.8 Å². The molecule has 0 spiro atoms. The third-order valence-corrected chi connectivity index (χ3v) is 5.93. The van der Waals surface area contributed by atoms with Crippen LogP contribution < -0.4 is 5.32 Å². The number of nitrogens with zero attached hydrogens (tertiary/aromatic N) is 3. The number of anilines is 1. The summed E-state index contributed by atoms with van der Waals surface area (Å²) in [7, 11) is 0. The van der Waals surface area contributed by atoms with Gasteiger partial charge in [-0.1, -0.05) is 18.2 Å². The van der Waals surface area contributed by atoms with Crippen LogP contribution in [0.5, 0.6) is 0 Å². The van der Waals surface area contributed by atoms with E-state index >= 15 is 0 Å². The smallest absolute Gasteiger partial charge is 0.276 e. The Kier molecular flexibility index (Phi) is 5.18. The molecule has 1 aromatic carbocycles. The van der Waals surface area contributed by atoms with Gasteiger partial charge in [-0.3, -0.25) is 14.7 Å². The van der Waals surface area contributed by atoms with Gasteiger partial charge >= 0.3 is 0 Å². The molecule has 8 heteroatoms. The van der Waals surface area contributed by atoms with Gasteiger partial charge < -0.3 is 14.6 Å². The van der Waals surface area contributed by atoms with Crippen LogP contribution in [0.1, 0.15) is 45.3 Å². The number of carbonyl (C=O) groups is 2. The number of halogens is 1. The quantitative estimate of drug-likeness (QED) is 0.511. The third-order valence-electron chi connectivity index (χ3n) is 5.93. The van der Waals surface area contributed by atoms with E-state index in [-0.39, 0.29) is 23.2 Å². The first-order chi connectivity index (χ1) is 15.6. The van der Waals surface area contributed by atoms with Crippen LogP contribution in [0.4, 0.5) is 10.1 Å². The second kappa shape index (κ2) is 8.30. The summed E-state index contributed by atoms with van der Waals surface area (Å²) in [6, 6.07) is 15.5. The first-order valence-corrected chi connectivity index (χ1v) is 10.6. The molecule has 0 saturated carbocycles. The molecule has 1 fully saturated rings. The van der Waals surface area contributed by atoms with Crippen molar-refractivity contribution >= 4 is 23.0 Å². The zero-order chi connectivity index (χ0) is 22.1. The van der Waals surface area contributed by atoms with E-state index in [1.165, 1.54) is 12.1 Å². The molecule has 4 heterocycles. The van der Waals surface area contributed by atoms with Gasteiger partial charge in [-0.15, -0.1) is 0 Å². The summed E-state index contributed by atoms with van der Waals surface area (Å²) in [5.74, 6) is -0.757. The van der Waals surface area contributed by atoms with Gasteiger partial charge in [0.2, 0.25) is 0 Å². The number of fused-ring (bicyclic) bond motifs is 1. The fourth-order valence-electron chi connectivity index (χ4n) is 4.16. The lowest BCUT2D eigenvalue weighted by molar-refractivity contribution is 0.0712. The molecule has 1 aliphatic rings. The van der Waals surface area contributed by atoms with Crippen LogP contribution in [-0.2, 0) is 0 Å². The van der Waals surface area contributed by atoms with Crippen LogP contribution in [0, 0.1) is 5.82 Å². The number of nitrogens with one attached hydrogen (secondary N) is 2. The standard InChI is InChI=1S/C24H22FN5O2/c25-19-6-1-2-7-20(19)26-23(31)22-14-21(27-28-22)16-8-11-29(12-9-16)24(32)17-13-18-5-3-4-10-30(18)15-17/h1-7,10,13-16H,8-9,11-12H2,(H,26,31)(H,27,28). The molecule has 2 N–H and O–H groups in total. The normalized spacial score (nSPS) is 14.6. The maximum atomic E-state index is 13.8. The van der Waals surface area contributed by atoms with Crippen LogP contribution >= 0.6 is 0 Å². The first-order valence-electron chi connectivity index (χ1n) is 10.6. The van der Waals surface area contributed by atoms with Crippen molar-refractivity contribution in [3.05, 3.63) is 89.8 Å². The van der Waals surface area contributed by atoms with Crippen molar-refractivity contribution in [3.8, 4) is 0 Å². The topological polar surface area (TPSA) is 82.5 Å². The van der Waals surface area contributed by atoms with Gasteiger partial charge in [-0.25, -0.2) is 4.39 Å². The lowest BCUT2D eigenvalue weighted by atomic mass is 9.93. The van der Waals surface area contributed by atoms with Gasteiger partial charge in [0.1, 0.15) is 5.82 Å². The molecule has 0 bridgehead atoms. The van der Waals surface area contributed by atoms with Crippen molar-refractivity contribution in [2.75, 3.05) is 18.4 Å². The number of pyridine rings is 1. The first kappa shape index (κ1) is 20.0. The summed E-state index contributed by atoms with van der Waals surface area (Å²) in [6.45, 7) is 1.26. The number of amides is 2. The Morgan fingerprint density at radius 3 is 2.62 bits per heavy atom. The van der Waals surface area contributed by atoms with Crippen LogP contribution in [0.25, 0.3) is 5.52 Å². The second-order valence-electron chi connectivity index (χ2n) is 7.97. The zero-order valence-corrected chi connectivity index (χ0v) is 17.3. The van der Waals surface area contributed by atoms with E-state index < -0.39 is 11.7 Å². The number of aromatic amines is 1. The van der Waals surface area contributed by atoms with Crippen LogP contribution in [0.2, 0.25) is 0 Å². The minimum absolute atomic E-state index is 0.0294. The summed E-state index contributed by atoms with van der Waals surface area (Å²) < 4.78 is 15.7. The Hall–Kier alpha value is -3.94. The minimum Gasteiger partial charge on any atom is -0.339 e. The Morgan fingerprint density at radius 2 is 1.84 bits per heavy atom. The van der Waals surface area contributed by atoms with Crippen molar-refractivity contribution in [2.24, 2.45) is 0 Å². The largest absolute Gasteiger partial charge is 0.339 e. The number of likely N-dealkylation sites (tertiary alicyclic amines) is 1. The number of piperidine rings is 1. The van der Waals surface area contributed by atoms with E-state index in [2.05, 4.69) is 15.5 Å². The predicted molar refractivity (Wildman–Crippen MR) is 118 cm³/mol. The van der Waals surface area contributed by atoms with Gasteiger partial charge in [-0.05, 0) is 49.2 Å². The number of rotatable bonds is 4. The molecule has 1 saturated heterocycles. The lowest BCUT2D eigenvalue weighted by Gasteiger charge is -2.31. The van der Waals surface area contributed by atoms with Crippen LogP contribution in [0.15, 0.2) is 67.0 Å². The van der Waals surface area contributed by atoms with Gasteiger partial charge in [-0.2, -0.15) is 5.10 Å². The average molecular weight is 431 g/mol. The molecule has 32 heavy (non-hydrogen) atoms. The average Bonchev–Trinajstić information content (AvgIpc) is 3.48. The monoisotopic (exact) mass is 431 g/mol. The molecule has 1 aliphatic heterocycles. The number of hydrogen-bond acceptors (Lipinski definition) is 3. The Balaban J connectivity index is 1.21. The molecule has 0 aliphatic carbocycles. The minimum atomic E-state index is -0.496. The summed E-state index contributed by atoms with van der Waals surface area (Å²) in [4.78, 5) is 27.2. The summed E-state index contributed by atoms with van der Waals surface area (Å²) in [5.41, 5.74) is 2.85. The second-order valence-corrected chi connectivity index (χ2v) is 7.97. The highest BCUT2D eigenvalue weighted by Crippen LogP contribution is 2.28. The Labute approximate surface area is 183 Å². The molecule has 5 rings (SSSR count). The van der Waals surface area contributed by atoms with E-state index in [0.717, 1.165) is 24.1 Å². The van der Waals surface area contributed by atoms with Gasteiger partial charge in [0.25, 0.3) is 11.8 Å². The number of hydrogen-bond donors (Lipinski definition) is 2. The zero-order valence-electron chi connectivity index (χ0n) is 17.3. The maximum Gasteiger partial charge on any atom is 0.276 e. The highest BCUT2D eigenvalue weighted by atomic mass is 19.1. The third kappa shape index (κ3) is 3.87. The molecule has 7 nitrogen and oxygen atoms in total. The fraction of sp³-hybridized carbons (Fsp3) is 0.208. The number of benzene rings is 1. The predicted octanol–water partition coefficient (Wildman–Crippen LogP) is 4.07. The number of para-hydroxylation sites is 1. The highest BCUT2D eigenvalue weighted by Gasteiger charge is 2.27. The van der Waals surface area contributed by atoms with Crippen LogP contribution in [-0.4, -0.2) is 44.4 Å². The van der Waals surface area contributed by atoms with Gasteiger partial charge in [0.05, 0.1) is 11.3 Å². The molecule has 162 valence electrons. The molecule has 2 amide bonds. The fourth-order valence-corrected chi connectivity index (χ4v) is 4.16. The molecular formula is C24H22FN5O2. The van der Waals surface area contributed by atoms with E-state index in [1.807, 2.05) is 46.0 Å². The van der Waals surface area contributed by atoms with Crippen molar-refractivity contribution in [1.82, 2.24) is 19.5 Å². The molecule has 4 aromatic rings. The molecule has 0 atom stereocenters. The molecule has 0 radical (unpaired) electrons. The summed E-state index contributed by atoms with van der Waals surface area (Å²) in [6.07, 6.45) is 5.33. The van der Waals surface area contributed by atoms with Gasteiger partial charge in [0.15, 0.2) is 5.69 Å². The van der Waals surface area contributed by atoms with Crippen molar-refractivity contribution in [3.63, 3.8) is 0 Å². The molecular weight excluding hydrogens is 409 g/mol. The summed E-state index contributed by atoms with van der Waals surface area (Å²) in [5, 5.41) is 9.58. The van der Waals surface area contributed by atoms with E-state index in [1.54, 1.807) is 18.2 Å². The van der Waals surface area contributed by atoms with Crippen LogP contribution in [0.3, 0.4) is 0 Å². The number of aromatic nitrogens is 3. The van der Waals surface area contributed by atoms with E-state index in [4.69, 9.17) is 0 Å². The SMILES string of the molecule is O=C(Nc1ccccc1F)c1cc(C2CCN(C(=O)c3cc4ccccn4c3)CC2)[nH]n1. The maximum absolute atomic E-state index is 13.8. The van der Waals surface area contributed by atoms with E-state index in [9.17, 15) is 14.0 Å². The van der Waals surface area contributed by atoms with Crippen molar-refractivity contribution in [1.29, 1.82) is 0 Å². The number of carbonyl (C=O) groups excluding carboxylic acids is 2.